The Morgan fingerprint density at radius 3 is 2.40 bits per heavy atom. The molecule has 0 radical (unpaired) electrons. The third-order valence-electron chi connectivity index (χ3n) is 4.31. The lowest BCUT2D eigenvalue weighted by Crippen LogP contribution is -2.48. The highest BCUT2D eigenvalue weighted by Crippen LogP contribution is 2.36. The first-order valence-corrected chi connectivity index (χ1v) is 7.35. The van der Waals surface area contributed by atoms with E-state index >= 15 is 0 Å². The Hall–Kier alpha value is -1.55. The van der Waals surface area contributed by atoms with Gasteiger partial charge in [-0.3, -0.25) is 5.43 Å². The average Bonchev–Trinajstić information content (AvgIpc) is 2.45. The van der Waals surface area contributed by atoms with Crippen molar-refractivity contribution < 1.29 is 0 Å². The molecule has 0 spiro atoms. The van der Waals surface area contributed by atoms with Crippen molar-refractivity contribution in [2.45, 2.75) is 45.6 Å². The van der Waals surface area contributed by atoms with E-state index in [0.29, 0.717) is 11.5 Å². The molecule has 1 aliphatic carbocycles. The third-order valence-corrected chi connectivity index (χ3v) is 4.31. The van der Waals surface area contributed by atoms with Gasteiger partial charge >= 0.3 is 0 Å². The van der Waals surface area contributed by atoms with Crippen molar-refractivity contribution in [3.63, 3.8) is 0 Å². The van der Waals surface area contributed by atoms with Crippen molar-refractivity contribution in [3.05, 3.63) is 30.3 Å². The molecule has 1 aromatic rings. The van der Waals surface area contributed by atoms with Crippen molar-refractivity contribution >= 4 is 11.6 Å². The zero-order valence-electron chi connectivity index (χ0n) is 12.8. The average molecular weight is 274 g/mol. The van der Waals surface area contributed by atoms with Crippen LogP contribution in [0.2, 0.25) is 0 Å². The van der Waals surface area contributed by atoms with Crippen LogP contribution < -0.4 is 11.3 Å². The van der Waals surface area contributed by atoms with Crippen LogP contribution in [0.4, 0.5) is 5.69 Å². The van der Waals surface area contributed by atoms with Gasteiger partial charge in [-0.2, -0.15) is 0 Å². The molecule has 4 heteroatoms. The van der Waals surface area contributed by atoms with Crippen molar-refractivity contribution in [3.8, 4) is 0 Å². The summed E-state index contributed by atoms with van der Waals surface area (Å²) in [7, 11) is 2.07. The van der Waals surface area contributed by atoms with Gasteiger partial charge in [0.25, 0.3) is 0 Å². The number of hydrazine groups is 1. The van der Waals surface area contributed by atoms with E-state index in [2.05, 4.69) is 36.2 Å². The summed E-state index contributed by atoms with van der Waals surface area (Å²) in [5, 5.41) is 0. The van der Waals surface area contributed by atoms with E-state index in [-0.39, 0.29) is 0 Å². The molecule has 1 fully saturated rings. The van der Waals surface area contributed by atoms with Crippen molar-refractivity contribution in [2.75, 3.05) is 7.05 Å². The molecule has 3 N–H and O–H groups in total. The second kappa shape index (κ2) is 6.27. The molecule has 0 saturated heterocycles. The maximum Gasteiger partial charge on any atom is 0.213 e. The fraction of sp³-hybridized carbons (Fsp3) is 0.562. The van der Waals surface area contributed by atoms with Crippen LogP contribution in [0.3, 0.4) is 0 Å². The molecule has 0 heterocycles. The van der Waals surface area contributed by atoms with Gasteiger partial charge in [-0.25, -0.2) is 10.8 Å². The number of nitrogens with one attached hydrogen (secondary N) is 1. The minimum absolute atomic E-state index is 0.476. The number of aliphatic imine (C=N–C) groups is 1. The van der Waals surface area contributed by atoms with Crippen LogP contribution in [-0.2, 0) is 0 Å². The summed E-state index contributed by atoms with van der Waals surface area (Å²) in [4.78, 5) is 6.78. The minimum atomic E-state index is 0.476. The maximum absolute atomic E-state index is 5.66. The van der Waals surface area contributed by atoms with Crippen LogP contribution in [0.15, 0.2) is 35.3 Å². The number of hydrogen-bond donors (Lipinski definition) is 2. The molecule has 4 nitrogen and oxygen atoms in total. The fourth-order valence-corrected chi connectivity index (χ4v) is 2.78. The molecule has 1 aliphatic rings. The lowest BCUT2D eigenvalue weighted by atomic mass is 9.75. The Morgan fingerprint density at radius 2 is 1.85 bits per heavy atom. The van der Waals surface area contributed by atoms with E-state index < -0.39 is 0 Å². The summed E-state index contributed by atoms with van der Waals surface area (Å²) in [6.45, 7) is 4.70. The van der Waals surface area contributed by atoms with Gasteiger partial charge in [0.2, 0.25) is 5.96 Å². The summed E-state index contributed by atoms with van der Waals surface area (Å²) in [6.07, 6.45) is 4.90. The van der Waals surface area contributed by atoms with Crippen molar-refractivity contribution in [1.29, 1.82) is 0 Å². The number of benzene rings is 1. The van der Waals surface area contributed by atoms with Gasteiger partial charge in [-0.05, 0) is 43.2 Å². The van der Waals surface area contributed by atoms with Crippen LogP contribution in [0.5, 0.6) is 0 Å². The van der Waals surface area contributed by atoms with Crippen molar-refractivity contribution in [2.24, 2.45) is 16.3 Å². The first-order chi connectivity index (χ1) is 9.52. The largest absolute Gasteiger partial charge is 0.342 e. The number of para-hydroxylation sites is 1. The number of guanidine groups is 1. The maximum atomic E-state index is 5.66. The van der Waals surface area contributed by atoms with E-state index in [1.54, 1.807) is 0 Å². The highest BCUT2D eigenvalue weighted by Gasteiger charge is 2.29. The summed E-state index contributed by atoms with van der Waals surface area (Å²) >= 11 is 0. The minimum Gasteiger partial charge on any atom is -0.342 e. The van der Waals surface area contributed by atoms with Crippen LogP contribution in [0, 0.1) is 5.41 Å². The van der Waals surface area contributed by atoms with Gasteiger partial charge in [-0.1, -0.05) is 32.0 Å². The lowest BCUT2D eigenvalue weighted by molar-refractivity contribution is 0.167. The quantitative estimate of drug-likeness (QED) is 0.377. The summed E-state index contributed by atoms with van der Waals surface area (Å²) in [5.74, 6) is 6.40. The summed E-state index contributed by atoms with van der Waals surface area (Å²) < 4.78 is 0. The normalized spacial score (nSPS) is 19.7. The fourth-order valence-electron chi connectivity index (χ4n) is 2.78. The van der Waals surface area contributed by atoms with E-state index in [1.165, 1.54) is 25.7 Å². The monoisotopic (exact) mass is 274 g/mol. The Labute approximate surface area is 122 Å². The molecule has 1 aromatic carbocycles. The number of nitrogens with two attached hydrogens (primary N) is 1. The molecule has 0 aliphatic heterocycles. The second-order valence-electron chi connectivity index (χ2n) is 6.42. The van der Waals surface area contributed by atoms with Crippen molar-refractivity contribution in [1.82, 2.24) is 10.3 Å². The lowest BCUT2D eigenvalue weighted by Gasteiger charge is -2.39. The first-order valence-electron chi connectivity index (χ1n) is 7.35. The van der Waals surface area contributed by atoms with Crippen LogP contribution in [-0.4, -0.2) is 23.9 Å². The molecule has 0 amide bonds. The van der Waals surface area contributed by atoms with Gasteiger partial charge in [0.05, 0.1) is 5.69 Å². The van der Waals surface area contributed by atoms with E-state index in [0.717, 1.165) is 11.6 Å². The summed E-state index contributed by atoms with van der Waals surface area (Å²) in [5.41, 5.74) is 4.14. The number of rotatable bonds is 2. The predicted molar refractivity (Wildman–Crippen MR) is 84.7 cm³/mol. The highest BCUT2D eigenvalue weighted by molar-refractivity contribution is 5.82. The molecule has 0 aromatic heterocycles. The van der Waals surface area contributed by atoms with Gasteiger partial charge in [0.1, 0.15) is 0 Å². The zero-order chi connectivity index (χ0) is 14.6. The molecular weight excluding hydrogens is 248 g/mol. The van der Waals surface area contributed by atoms with Crippen LogP contribution in [0.25, 0.3) is 0 Å². The van der Waals surface area contributed by atoms with Gasteiger partial charge in [0, 0.05) is 13.1 Å². The first kappa shape index (κ1) is 14.9. The molecule has 2 rings (SSSR count). The molecule has 0 bridgehead atoms. The Bertz CT molecular complexity index is 443. The Morgan fingerprint density at radius 1 is 1.25 bits per heavy atom. The number of hydrogen-bond acceptors (Lipinski definition) is 2. The van der Waals surface area contributed by atoms with E-state index in [4.69, 9.17) is 5.84 Å². The second-order valence-corrected chi connectivity index (χ2v) is 6.42. The van der Waals surface area contributed by atoms with Gasteiger partial charge in [-0.15, -0.1) is 0 Å². The molecule has 1 saturated carbocycles. The van der Waals surface area contributed by atoms with E-state index in [9.17, 15) is 0 Å². The molecule has 110 valence electrons. The smallest absolute Gasteiger partial charge is 0.213 e. The van der Waals surface area contributed by atoms with E-state index in [1.807, 2.05) is 30.3 Å². The van der Waals surface area contributed by atoms with Gasteiger partial charge < -0.3 is 4.90 Å². The molecule has 0 unspecified atom stereocenters. The van der Waals surface area contributed by atoms with Crippen LogP contribution in [0.1, 0.15) is 39.5 Å². The highest BCUT2D eigenvalue weighted by atomic mass is 15.4. The van der Waals surface area contributed by atoms with Gasteiger partial charge in [0.15, 0.2) is 0 Å². The SMILES string of the molecule is CN(C(=Nc1ccccc1)NN)C1CCC(C)(C)CC1. The summed E-state index contributed by atoms with van der Waals surface area (Å²) in [6, 6.07) is 10.4. The molecule has 0 atom stereocenters. The molecule has 20 heavy (non-hydrogen) atoms. The Kier molecular flexibility index (Phi) is 4.65. The standard InChI is InChI=1S/C16H26N4/c1-16(2)11-9-14(10-12-16)20(3)15(19-17)18-13-7-5-4-6-8-13/h4-8,14H,9-12,17H2,1-3H3,(H,18,19). The molecular formula is C16H26N4. The number of nitrogens with zero attached hydrogens (tertiary/aromatic N) is 2. The topological polar surface area (TPSA) is 53.6 Å². The zero-order valence-corrected chi connectivity index (χ0v) is 12.8. The predicted octanol–water partition coefficient (Wildman–Crippen LogP) is 3.04. The third kappa shape index (κ3) is 3.73. The van der Waals surface area contributed by atoms with Crippen LogP contribution >= 0.6 is 0 Å². The Balaban J connectivity index is 2.06.